The van der Waals surface area contributed by atoms with Crippen LogP contribution in [0.3, 0.4) is 0 Å². The normalized spacial score (nSPS) is 22.9. The number of rotatable bonds is 16. The molecule has 3 fully saturated rings. The Balaban J connectivity index is 0.000000899. The first-order valence-corrected chi connectivity index (χ1v) is 22.7. The van der Waals surface area contributed by atoms with Gasteiger partial charge in [-0.3, -0.25) is 24.0 Å². The highest BCUT2D eigenvalue weighted by Crippen LogP contribution is 2.58. The zero-order chi connectivity index (χ0) is 45.2. The number of benzene rings is 1. The second-order valence-corrected chi connectivity index (χ2v) is 22.4. The monoisotopic (exact) mass is 875 g/mol. The van der Waals surface area contributed by atoms with Gasteiger partial charge in [-0.05, 0) is 89.6 Å². The van der Waals surface area contributed by atoms with E-state index in [0.717, 1.165) is 10.8 Å². The molecule has 2 heterocycles. The summed E-state index contributed by atoms with van der Waals surface area (Å²) in [5.41, 5.74) is -2.90. The molecule has 2 aliphatic carbocycles. The van der Waals surface area contributed by atoms with Crippen LogP contribution in [0.5, 0.6) is 11.6 Å². The number of ether oxygens (including phenoxy) is 2. The van der Waals surface area contributed by atoms with Gasteiger partial charge in [0.25, 0.3) is 0 Å². The van der Waals surface area contributed by atoms with Gasteiger partial charge >= 0.3 is 10.3 Å². The van der Waals surface area contributed by atoms with Gasteiger partial charge in [0.2, 0.25) is 22.9 Å². The lowest BCUT2D eigenvalue weighted by molar-refractivity contribution is -0.146. The molecule has 0 bridgehead atoms. The van der Waals surface area contributed by atoms with Gasteiger partial charge in [-0.15, -0.1) is 0 Å². The highest BCUT2D eigenvalue weighted by atomic mass is 35.5. The van der Waals surface area contributed by atoms with Gasteiger partial charge < -0.3 is 14.4 Å². The van der Waals surface area contributed by atoms with Crippen molar-refractivity contribution in [1.29, 1.82) is 0 Å². The molecule has 3 aliphatic rings. The first kappa shape index (κ1) is 49.0. The van der Waals surface area contributed by atoms with E-state index in [1.807, 2.05) is 87.4 Å². The number of halogens is 1. The van der Waals surface area contributed by atoms with Crippen LogP contribution in [0, 0.1) is 33.5 Å². The maximum Gasteiger partial charge on any atom is 0.362 e. The summed E-state index contributed by atoms with van der Waals surface area (Å²) in [7, 11) is -2.81. The lowest BCUT2D eigenvalue weighted by Gasteiger charge is -2.35. The van der Waals surface area contributed by atoms with E-state index < -0.39 is 50.7 Å². The minimum atomic E-state index is -4.39. The number of nitrogens with one attached hydrogen (secondary N) is 1. The molecule has 60 heavy (non-hydrogen) atoms. The molecule has 1 unspecified atom stereocenters. The van der Waals surface area contributed by atoms with E-state index in [1.54, 1.807) is 26.3 Å². The van der Waals surface area contributed by atoms with Crippen molar-refractivity contribution in [3.63, 3.8) is 0 Å². The first-order valence-electron chi connectivity index (χ1n) is 20.9. The first-order chi connectivity index (χ1) is 27.5. The van der Waals surface area contributed by atoms with Gasteiger partial charge in [0, 0.05) is 49.6 Å². The largest absolute Gasteiger partial charge is 0.497 e. The number of hydrogen-bond acceptors (Lipinski definition) is 11. The summed E-state index contributed by atoms with van der Waals surface area (Å²) < 4.78 is 44.7. The van der Waals surface area contributed by atoms with E-state index in [2.05, 4.69) is 9.71 Å². The van der Waals surface area contributed by atoms with Gasteiger partial charge in [-0.25, -0.2) is 13.9 Å². The summed E-state index contributed by atoms with van der Waals surface area (Å²) in [4.78, 5) is 72.2. The fourth-order valence-electron chi connectivity index (χ4n) is 7.89. The Morgan fingerprint density at radius 3 is 2.12 bits per heavy atom. The molecule has 2 saturated carbocycles. The summed E-state index contributed by atoms with van der Waals surface area (Å²) in [6.07, 6.45) is 3.71. The Morgan fingerprint density at radius 1 is 0.983 bits per heavy atom. The van der Waals surface area contributed by atoms with E-state index in [9.17, 15) is 32.4 Å². The smallest absolute Gasteiger partial charge is 0.362 e. The Bertz CT molecular complexity index is 2050. The fraction of sp³-hybridized carbons (Fsp3) is 0.689. The van der Waals surface area contributed by atoms with Gasteiger partial charge in [0.05, 0.1) is 30.7 Å². The van der Waals surface area contributed by atoms with Crippen LogP contribution >= 0.6 is 11.6 Å². The van der Waals surface area contributed by atoms with Crippen molar-refractivity contribution in [2.75, 3.05) is 13.7 Å². The molecule has 2 aromatic rings. The third kappa shape index (κ3) is 13.4. The molecule has 1 saturated heterocycles. The maximum absolute atomic E-state index is 14.6. The average molecular weight is 877 g/mol. The van der Waals surface area contributed by atoms with Crippen LogP contribution in [0.1, 0.15) is 134 Å². The molecule has 1 aromatic heterocycles. The number of likely N-dealkylation sites (tertiary alicyclic amines) is 1. The van der Waals surface area contributed by atoms with Crippen LogP contribution in [0.2, 0.25) is 0 Å². The van der Waals surface area contributed by atoms with Crippen LogP contribution in [0.25, 0.3) is 10.8 Å². The minimum Gasteiger partial charge on any atom is -0.497 e. The number of carbonyl (C=O) groups excluding carboxylic acids is 5. The number of fused-ring (bicyclic) bond motifs is 1. The highest BCUT2D eigenvalue weighted by molar-refractivity contribution is 7.85. The molecule has 0 radical (unpaired) electrons. The van der Waals surface area contributed by atoms with Gasteiger partial charge in [0.15, 0.2) is 5.78 Å². The Kier molecular flexibility index (Phi) is 15.0. The van der Waals surface area contributed by atoms with E-state index in [-0.39, 0.29) is 65.3 Å². The molecule has 1 aliphatic heterocycles. The fourth-order valence-corrected chi connectivity index (χ4v) is 9.46. The molecule has 334 valence electrons. The number of ketones is 2. The summed E-state index contributed by atoms with van der Waals surface area (Å²) >= 11 is 5.12. The zero-order valence-corrected chi connectivity index (χ0v) is 39.1. The van der Waals surface area contributed by atoms with E-state index in [4.69, 9.17) is 25.3 Å². The zero-order valence-electron chi connectivity index (χ0n) is 37.5. The summed E-state index contributed by atoms with van der Waals surface area (Å²) in [6.45, 7) is 21.2. The Morgan fingerprint density at radius 2 is 1.62 bits per heavy atom. The number of carbonyl (C=O) groups is 5. The number of hydrogen-bond donors (Lipinski definition) is 1. The third-order valence-electron chi connectivity index (χ3n) is 11.5. The van der Waals surface area contributed by atoms with Gasteiger partial charge in [-0.2, -0.15) is 8.42 Å². The summed E-state index contributed by atoms with van der Waals surface area (Å²) in [5, 5.41) is 1.33. The second kappa shape index (κ2) is 18.4. The number of aromatic nitrogens is 1. The van der Waals surface area contributed by atoms with Crippen LogP contribution in [0.4, 0.5) is 0 Å². The van der Waals surface area contributed by atoms with Gasteiger partial charge in [0.1, 0.15) is 17.6 Å². The topological polar surface area (TPSA) is 175 Å². The number of methoxy groups -OCH3 is 1. The molecular formula is C45H66ClN3O10S. The number of Topliss-reactive ketones (excluding diaryl/α,β-unsaturated/α-hetero) is 2. The van der Waals surface area contributed by atoms with Crippen molar-refractivity contribution < 1.29 is 46.0 Å². The van der Waals surface area contributed by atoms with Crippen molar-refractivity contribution in [2.24, 2.45) is 33.5 Å². The Labute approximate surface area is 361 Å². The molecule has 13 nitrogen and oxygen atoms in total. The van der Waals surface area contributed by atoms with Crippen LogP contribution < -0.4 is 14.2 Å². The lowest BCUT2D eigenvalue weighted by Crippen LogP contribution is -2.48. The molecule has 5 rings (SSSR count). The lowest BCUT2D eigenvalue weighted by atomic mass is 9.75. The minimum absolute atomic E-state index is 0.0241. The van der Waals surface area contributed by atoms with Crippen LogP contribution in [0.15, 0.2) is 30.5 Å². The quantitative estimate of drug-likeness (QED) is 0.161. The van der Waals surface area contributed by atoms with Crippen molar-refractivity contribution in [1.82, 2.24) is 14.6 Å². The van der Waals surface area contributed by atoms with Crippen molar-refractivity contribution in [3.8, 4) is 11.6 Å². The standard InChI is InChI=1S/C39H55N3O9S.C6H11ClO/c1-10-25-20-39(25,35(46)41-52(47,48)51-38(8)14-15-38)22-32(44)31-19-28(50-33-29-12-11-27(49-9)17-24(29)13-16-40-33)23-42(31)34(45)30(37(5,6)7)18-26(43)21-36(2,3)4;1-6(2,3)4-5(7)8/h11-13,16-17,25,28,30-31H,10,14-15,18-23H2,1-9H3,(H,41,46);4H2,1-3H3/t25-,28?,30-,31+,39-;/m1./s1. The van der Waals surface area contributed by atoms with Crippen molar-refractivity contribution in [3.05, 3.63) is 30.5 Å². The average Bonchev–Trinajstić information content (AvgIpc) is 3.96. The van der Waals surface area contributed by atoms with E-state index in [0.29, 0.717) is 50.2 Å². The maximum atomic E-state index is 14.6. The molecule has 1 aromatic carbocycles. The summed E-state index contributed by atoms with van der Waals surface area (Å²) in [6, 6.07) is 6.39. The number of pyridine rings is 1. The third-order valence-corrected chi connectivity index (χ3v) is 12.6. The molecule has 5 atom stereocenters. The predicted molar refractivity (Wildman–Crippen MR) is 231 cm³/mol. The second-order valence-electron chi connectivity index (χ2n) is 20.7. The van der Waals surface area contributed by atoms with Gasteiger partial charge in [-0.1, -0.05) is 75.7 Å². The number of amides is 2. The molecule has 0 spiro atoms. The predicted octanol–water partition coefficient (Wildman–Crippen LogP) is 8.14. The summed E-state index contributed by atoms with van der Waals surface area (Å²) in [5.74, 6) is -1.40. The molecular weight excluding hydrogens is 810 g/mol. The number of nitrogens with zero attached hydrogens (tertiary/aromatic N) is 2. The van der Waals surface area contributed by atoms with Crippen LogP contribution in [-0.4, -0.2) is 78.3 Å². The SMILES string of the molecule is CC(C)(C)CC(=O)Cl.CC[C@@H]1C[C@]1(CC(=O)[C@@H]1CC(Oc2nccc3cc(OC)ccc23)CN1C(=O)[C@@H](CC(=O)CC(C)(C)C)C(C)(C)C)C(=O)NS(=O)(=O)OC1(C)CC1. The Hall–Kier alpha value is -3.62. The van der Waals surface area contributed by atoms with E-state index in [1.165, 1.54) is 4.90 Å². The highest BCUT2D eigenvalue weighted by Gasteiger charge is 2.62. The molecule has 1 N–H and O–H groups in total. The molecule has 15 heteroatoms. The van der Waals surface area contributed by atoms with Crippen molar-refractivity contribution in [2.45, 2.75) is 152 Å². The molecule has 2 amide bonds. The van der Waals surface area contributed by atoms with E-state index >= 15 is 0 Å². The van der Waals surface area contributed by atoms with Crippen LogP contribution in [-0.2, 0) is 38.5 Å². The van der Waals surface area contributed by atoms with Crippen molar-refractivity contribution >= 4 is 61.3 Å².